The second-order valence-corrected chi connectivity index (χ2v) is 25.3. The van der Waals surface area contributed by atoms with Gasteiger partial charge in [-0.3, -0.25) is 9.13 Å². The molecule has 0 aliphatic heterocycles. The molecule has 0 fully saturated rings. The van der Waals surface area contributed by atoms with Crippen molar-refractivity contribution in [2.24, 2.45) is 0 Å². The summed E-state index contributed by atoms with van der Waals surface area (Å²) < 4.78 is 11.3. The van der Waals surface area contributed by atoms with Gasteiger partial charge in [-0.05, 0) is 174 Å². The van der Waals surface area contributed by atoms with Crippen LogP contribution in [-0.2, 0) is 0 Å². The molecule has 0 aliphatic rings. The minimum atomic E-state index is 0.422. The maximum Gasteiger partial charge on any atom is 0.165 e. The number of fused-ring (bicyclic) bond motifs is 15. The Hall–Kier alpha value is -15.1. The molecule has 0 radical (unpaired) electrons. The fourth-order valence-corrected chi connectivity index (χ4v) is 15.7. The van der Waals surface area contributed by atoms with Crippen LogP contribution in [0.3, 0.4) is 0 Å². The molecule has 462 valence electrons. The van der Waals surface area contributed by atoms with Crippen LogP contribution in [0.4, 0.5) is 0 Å². The number of hydrogen-bond acceptors (Lipinski definition) is 7. The molecule has 0 amide bonds. The van der Waals surface area contributed by atoms with Crippen molar-refractivity contribution in [3.63, 3.8) is 0 Å². The third-order valence-electron chi connectivity index (χ3n) is 20.0. The molecule has 0 saturated carbocycles. The van der Waals surface area contributed by atoms with Crippen LogP contribution >= 0.6 is 0 Å². The van der Waals surface area contributed by atoms with E-state index < -0.39 is 0 Å². The van der Waals surface area contributed by atoms with E-state index in [1.807, 2.05) is 127 Å². The maximum atomic E-state index is 10.8. The Bertz CT molecular complexity index is 6830. The van der Waals surface area contributed by atoms with Crippen molar-refractivity contribution in [1.82, 2.24) is 27.8 Å². The Morgan fingerprint density at radius 1 is 0.228 bits per heavy atom. The Kier molecular flexibility index (Phi) is 12.7. The molecule has 0 N–H and O–H groups in total. The summed E-state index contributed by atoms with van der Waals surface area (Å²) in [4.78, 5) is 6.51. The number of aromatic nitrogens is 6. The molecule has 0 atom stereocenters. The summed E-state index contributed by atoms with van der Waals surface area (Å²) in [7, 11) is 0. The highest BCUT2D eigenvalue weighted by Crippen LogP contribution is 2.52. The van der Waals surface area contributed by atoms with Gasteiger partial charge in [0.15, 0.2) is 11.6 Å². The highest BCUT2D eigenvalue weighted by Gasteiger charge is 2.35. The topological polar surface area (TPSA) is 180 Å². The van der Waals surface area contributed by atoms with Crippen LogP contribution in [0.25, 0.3) is 171 Å². The van der Waals surface area contributed by atoms with Crippen LogP contribution in [0.15, 0.2) is 279 Å². The van der Waals surface area contributed by atoms with Crippen LogP contribution < -0.4 is 0 Å². The van der Waals surface area contributed by atoms with E-state index in [0.29, 0.717) is 106 Å². The lowest BCUT2D eigenvalue weighted by molar-refractivity contribution is 0.961. The van der Waals surface area contributed by atoms with E-state index in [2.05, 4.69) is 211 Å². The second kappa shape index (κ2) is 22.3. The van der Waals surface area contributed by atoms with Gasteiger partial charge >= 0.3 is 0 Å². The normalized spacial score (nSPS) is 11.5. The Morgan fingerprint density at radius 2 is 0.535 bits per heavy atom. The van der Waals surface area contributed by atoms with Crippen molar-refractivity contribution >= 4 is 109 Å². The molecule has 0 spiro atoms. The predicted octanol–water partition coefficient (Wildman–Crippen LogP) is 20.8. The molecule has 19 aromatic rings. The molecule has 0 unspecified atom stereocenters. The Morgan fingerprint density at radius 3 is 0.911 bits per heavy atom. The molecule has 13 aromatic carbocycles. The van der Waals surface area contributed by atoms with Crippen molar-refractivity contribution in [2.75, 3.05) is 0 Å². The maximum absolute atomic E-state index is 10.8. The van der Waals surface area contributed by atoms with Gasteiger partial charge in [-0.25, -0.2) is 4.98 Å². The highest BCUT2D eigenvalue weighted by molar-refractivity contribution is 6.20. The molecule has 19 rings (SSSR count). The lowest BCUT2D eigenvalue weighted by atomic mass is 9.97. The summed E-state index contributed by atoms with van der Waals surface area (Å²) in [6.07, 6.45) is 0. The lowest BCUT2D eigenvalue weighted by Crippen LogP contribution is -2.16. The molecule has 12 nitrogen and oxygen atoms in total. The third-order valence-corrected chi connectivity index (χ3v) is 20.0. The molecule has 6 aromatic heterocycles. The van der Waals surface area contributed by atoms with Gasteiger partial charge in [-0.15, -0.1) is 0 Å². The van der Waals surface area contributed by atoms with Gasteiger partial charge in [0, 0.05) is 70.7 Å². The van der Waals surface area contributed by atoms with Crippen LogP contribution in [0.5, 0.6) is 0 Å². The third kappa shape index (κ3) is 8.52. The van der Waals surface area contributed by atoms with Crippen molar-refractivity contribution in [3.8, 4) is 98.5 Å². The standard InChI is InChI=1S/C89H46N12/c90-47-53-23-31-76-67(39-53)68-40-54(48-91)24-32-77(68)98(76)86-84(66-21-12-20-65-64-19-10-11-22-75(64)97(85(65)66)63-17-8-3-9-18-63)87(99-78-33-25-55(49-92)41-69(78)70-42-56(50-93)26-34-79(70)99)89(96-88(86)100-80-35-27-57(51-94)43-71(80)72-44-58(52-95)28-36-81(72)100)101-82-37-29-61(59-13-4-1-5-14-59)45-73(82)74-46-62(30-38-83(74)101)60-15-6-2-7-16-60/h1-46H. The summed E-state index contributed by atoms with van der Waals surface area (Å²) in [5, 5.41) is 73.0. The number of benzene rings is 13. The van der Waals surface area contributed by atoms with Crippen LogP contribution in [0, 0.1) is 68.0 Å². The van der Waals surface area contributed by atoms with Crippen molar-refractivity contribution < 1.29 is 0 Å². The quantitative estimate of drug-likeness (QED) is 0.145. The average molecular weight is 1280 g/mol. The van der Waals surface area contributed by atoms with E-state index in [0.717, 1.165) is 98.9 Å². The van der Waals surface area contributed by atoms with Gasteiger partial charge in [0.25, 0.3) is 0 Å². The smallest absolute Gasteiger partial charge is 0.165 e. The van der Waals surface area contributed by atoms with E-state index >= 15 is 0 Å². The van der Waals surface area contributed by atoms with Crippen LogP contribution in [0.2, 0.25) is 0 Å². The Labute approximate surface area is 576 Å². The average Bonchev–Trinajstić information content (AvgIpc) is 1.55. The second-order valence-electron chi connectivity index (χ2n) is 25.3. The largest absolute Gasteiger partial charge is 0.309 e. The van der Waals surface area contributed by atoms with Gasteiger partial charge in [0.1, 0.15) is 11.4 Å². The van der Waals surface area contributed by atoms with E-state index in [-0.39, 0.29) is 0 Å². The number of para-hydroxylation sites is 3. The first-order valence-electron chi connectivity index (χ1n) is 32.9. The molecular formula is C89H46N12. The predicted molar refractivity (Wildman–Crippen MR) is 401 cm³/mol. The fraction of sp³-hybridized carbons (Fsp3) is 0. The first-order chi connectivity index (χ1) is 49.8. The van der Waals surface area contributed by atoms with E-state index in [4.69, 9.17) is 4.98 Å². The number of rotatable bonds is 8. The molecule has 0 bridgehead atoms. The van der Waals surface area contributed by atoms with E-state index in [9.17, 15) is 31.6 Å². The summed E-state index contributed by atoms with van der Waals surface area (Å²) in [5.41, 5.74) is 18.0. The highest BCUT2D eigenvalue weighted by atomic mass is 15.2. The van der Waals surface area contributed by atoms with Crippen molar-refractivity contribution in [2.45, 2.75) is 0 Å². The van der Waals surface area contributed by atoms with Gasteiger partial charge in [0.2, 0.25) is 0 Å². The first kappa shape index (κ1) is 57.4. The zero-order valence-electron chi connectivity index (χ0n) is 53.4. The molecule has 0 saturated heterocycles. The molecule has 12 heteroatoms. The molecule has 0 aliphatic carbocycles. The summed E-state index contributed by atoms with van der Waals surface area (Å²) >= 11 is 0. The van der Waals surface area contributed by atoms with Gasteiger partial charge < -0.3 is 13.7 Å². The van der Waals surface area contributed by atoms with Crippen LogP contribution in [-0.4, -0.2) is 27.8 Å². The molecule has 6 heterocycles. The van der Waals surface area contributed by atoms with Crippen molar-refractivity contribution in [1.29, 1.82) is 31.6 Å². The lowest BCUT2D eigenvalue weighted by Gasteiger charge is -2.27. The fourth-order valence-electron chi connectivity index (χ4n) is 15.7. The van der Waals surface area contributed by atoms with Crippen molar-refractivity contribution in [3.05, 3.63) is 312 Å². The first-order valence-corrected chi connectivity index (χ1v) is 32.9. The monoisotopic (exact) mass is 1280 g/mol. The van der Waals surface area contributed by atoms with Crippen LogP contribution in [0.1, 0.15) is 33.4 Å². The zero-order chi connectivity index (χ0) is 67.7. The van der Waals surface area contributed by atoms with Gasteiger partial charge in [-0.2, -0.15) is 31.6 Å². The SMILES string of the molecule is N#Cc1ccc2c(c1)c1cc(C#N)ccc1n2-c1nc(-n2c3ccc(-c4ccccc4)cc3c3cc(-c4ccccc4)ccc32)c(-n2c3ccc(C#N)cc3c3cc(C#N)ccc32)c(-c2cccc3c4ccccc4n(-c4ccccc4)c23)c1-n1c2ccc(C#N)cc2c2cc(C#N)ccc21. The summed E-state index contributed by atoms with van der Waals surface area (Å²) in [6, 6.07) is 108. The van der Waals surface area contributed by atoms with E-state index in [1.54, 1.807) is 0 Å². The number of pyridine rings is 1. The summed E-state index contributed by atoms with van der Waals surface area (Å²) in [5.74, 6) is 0.929. The van der Waals surface area contributed by atoms with Gasteiger partial charge in [-0.1, -0.05) is 127 Å². The molecule has 101 heavy (non-hydrogen) atoms. The minimum absolute atomic E-state index is 0.422. The number of hydrogen-bond donors (Lipinski definition) is 0. The zero-order valence-corrected chi connectivity index (χ0v) is 53.4. The number of nitriles is 6. The Balaban J connectivity index is 1.15. The minimum Gasteiger partial charge on any atom is -0.309 e. The van der Waals surface area contributed by atoms with Gasteiger partial charge in [0.05, 0.1) is 125 Å². The number of nitrogens with zero attached hydrogens (tertiary/aromatic N) is 12. The molecular weight excluding hydrogens is 1240 g/mol. The van der Waals surface area contributed by atoms with E-state index in [1.165, 1.54) is 0 Å². The summed E-state index contributed by atoms with van der Waals surface area (Å²) in [6.45, 7) is 0.